The van der Waals surface area contributed by atoms with Crippen molar-refractivity contribution in [1.29, 1.82) is 0 Å². The van der Waals surface area contributed by atoms with Crippen molar-refractivity contribution in [2.24, 2.45) is 0 Å². The van der Waals surface area contributed by atoms with E-state index in [2.05, 4.69) is 248 Å². The van der Waals surface area contributed by atoms with Crippen molar-refractivity contribution in [3.8, 4) is 0 Å². The molecule has 1 radical (unpaired) electrons. The Balaban J connectivity index is 5.73. The van der Waals surface area contributed by atoms with E-state index in [0.717, 1.165) is 0 Å². The van der Waals surface area contributed by atoms with E-state index in [0.29, 0.717) is 0 Å². The molecule has 0 heterocycles. The Morgan fingerprint density at radius 3 is 0.765 bits per heavy atom. The van der Waals surface area contributed by atoms with Crippen LogP contribution in [0, 0.1) is 0 Å². The predicted octanol–water partition coefficient (Wildman–Crippen LogP) is 8.60. The average Bonchev–Trinajstić information content (AvgIpc) is 1.98. The van der Waals surface area contributed by atoms with Gasteiger partial charge in [0.15, 0.2) is -1.13 Å². The van der Waals surface area contributed by atoms with Gasteiger partial charge in [-0.1, -0.05) is 226 Å². The molecule has 0 rings (SSSR count). The van der Waals surface area contributed by atoms with E-state index in [4.69, 9.17) is 0 Å². The molecule has 1 nitrogen and oxygen atoms in total. The van der Waals surface area contributed by atoms with Crippen LogP contribution in [-0.2, 0) is 5.11 Å². The maximum Gasteiger partial charge on any atom is 0.206 e. The van der Waals surface area contributed by atoms with Gasteiger partial charge in [-0.15, -0.1) is 0 Å². The molecule has 0 aromatic rings. The lowest BCUT2D eigenvalue weighted by atomic mass is 10.2. The van der Waals surface area contributed by atoms with E-state index in [1.165, 1.54) is 0 Å². The Hall–Kier alpha value is 7.99. The minimum atomic E-state index is -1.12. The molecule has 0 bridgehead atoms. The van der Waals surface area contributed by atoms with Crippen molar-refractivity contribution < 1.29 is 5.11 Å². The third kappa shape index (κ3) is 5.99. The summed E-state index contributed by atoms with van der Waals surface area (Å²) in [7, 11) is 0. The minimum absolute atomic E-state index is 0.152. The van der Waals surface area contributed by atoms with Crippen molar-refractivity contribution >= 4 is 248 Å². The van der Waals surface area contributed by atoms with Crippen LogP contribution in [0.25, 0.3) is 0 Å². The minimum Gasteiger partial charge on any atom is -0.213 e. The van der Waals surface area contributed by atoms with Crippen LogP contribution < -0.4 is 0 Å². The van der Waals surface area contributed by atoms with Gasteiger partial charge in [-0.05, 0) is 22.6 Å². The lowest BCUT2D eigenvalue weighted by Gasteiger charge is -2.48. The van der Waals surface area contributed by atoms with Crippen LogP contribution in [0.1, 0.15) is 0 Å². The molecule has 0 aromatic heterocycles. The largest absolute Gasteiger partial charge is 0.213 e. The molecule has 103 valence electrons. The third-order valence-corrected chi connectivity index (χ3v) is 30.8. The molecule has 0 N–H and O–H groups in total. The van der Waals surface area contributed by atoms with Crippen LogP contribution in [-0.4, -0.2) is 5.34 Å². The van der Waals surface area contributed by atoms with Gasteiger partial charge in [-0.3, -0.25) is 0 Å². The van der Waals surface area contributed by atoms with Crippen molar-refractivity contribution in [1.82, 2.24) is 0 Å². The van der Waals surface area contributed by atoms with Gasteiger partial charge in [0.2, 0.25) is 3.61 Å². The summed E-state index contributed by atoms with van der Waals surface area (Å²) in [5.41, 5.74) is 0. The van der Waals surface area contributed by atoms with Crippen molar-refractivity contribution in [3.05, 3.63) is 0 Å². The van der Waals surface area contributed by atoms with E-state index in [-0.39, 0.29) is -1.13 Å². The average molecular weight is 1470 g/mol. The summed E-state index contributed by atoms with van der Waals surface area (Å²) < 4.78 is -2.27. The number of halogens is 11. The fourth-order valence-corrected chi connectivity index (χ4v) is 10.4. The van der Waals surface area contributed by atoms with E-state index in [1.807, 2.05) is 0 Å². The van der Waals surface area contributed by atoms with Gasteiger partial charge in [0, 0.05) is 0 Å². The third-order valence-electron chi connectivity index (χ3n) is 1.52. The Labute approximate surface area is 251 Å². The van der Waals surface area contributed by atoms with Gasteiger partial charge >= 0.3 is 0 Å². The topological polar surface area (TPSA) is 19.9 Å². The highest BCUT2D eigenvalue weighted by atomic mass is 127. The fraction of sp³-hybridized carbons (Fsp3) is 1.00. The Bertz CT molecular complexity index is 255. The molecular formula is C5I11O. The fourth-order valence-electron chi connectivity index (χ4n) is 0.562. The first-order valence-electron chi connectivity index (χ1n) is 3.28. The molecule has 0 unspecified atom stereocenters. The van der Waals surface area contributed by atoms with Gasteiger partial charge in [0.25, 0.3) is 0 Å². The summed E-state index contributed by atoms with van der Waals surface area (Å²) in [6.07, 6.45) is 0. The second-order valence-electron chi connectivity index (χ2n) is 2.74. The van der Waals surface area contributed by atoms with Crippen molar-refractivity contribution in [3.63, 3.8) is 0 Å². The molecule has 0 amide bonds. The number of alkyl halides is 11. The molecule has 0 saturated heterocycles. The zero-order chi connectivity index (χ0) is 14.5. The van der Waals surface area contributed by atoms with Gasteiger partial charge in [-0.2, -0.15) is 0 Å². The van der Waals surface area contributed by atoms with Crippen LogP contribution in [0.4, 0.5) is 0 Å². The number of hydrogen-bond donors (Lipinski definition) is 0. The maximum atomic E-state index is 13.4. The molecule has 0 aliphatic carbocycles. The highest BCUT2D eigenvalue weighted by Crippen LogP contribution is 2.71. The van der Waals surface area contributed by atoms with E-state index >= 15 is 0 Å². The van der Waals surface area contributed by atoms with Gasteiger partial charge < -0.3 is 0 Å². The maximum absolute atomic E-state index is 13.4. The van der Waals surface area contributed by atoms with Crippen LogP contribution in [0.15, 0.2) is 0 Å². The highest BCUT2D eigenvalue weighted by molar-refractivity contribution is 14.3. The van der Waals surface area contributed by atoms with E-state index in [9.17, 15) is 5.11 Å². The van der Waals surface area contributed by atoms with Crippen LogP contribution in [0.2, 0.25) is 0 Å². The number of hydrogen-bond acceptors (Lipinski definition) is 0. The molecule has 0 aliphatic rings. The SMILES string of the molecule is [O]C(I)(C(I)(I)C(I)(I)I)C(I)(I)C(I)(I)I. The monoisotopic (exact) mass is 1470 g/mol. The quantitative estimate of drug-likeness (QED) is 0.199. The first kappa shape index (κ1) is 25.0. The Morgan fingerprint density at radius 2 is 0.647 bits per heavy atom. The molecular weight excluding hydrogens is 1470 g/mol. The second-order valence-corrected chi connectivity index (χ2v) is 37.0. The summed E-state index contributed by atoms with van der Waals surface area (Å²) in [5.74, 6) is 0. The summed E-state index contributed by atoms with van der Waals surface area (Å²) in [4.78, 5) is 0. The lowest BCUT2D eigenvalue weighted by molar-refractivity contribution is 0.0752. The molecule has 0 fully saturated rings. The van der Waals surface area contributed by atoms with E-state index in [1.54, 1.807) is 0 Å². The molecule has 0 aliphatic heterocycles. The molecule has 0 spiro atoms. The number of rotatable bonds is 4. The second kappa shape index (κ2) is 8.79. The molecule has 0 atom stereocenters. The summed E-state index contributed by atoms with van der Waals surface area (Å²) >= 11 is 25.5. The summed E-state index contributed by atoms with van der Waals surface area (Å²) in [6.45, 7) is 0. The first-order valence-corrected chi connectivity index (χ1v) is 15.1. The van der Waals surface area contributed by atoms with Crippen molar-refractivity contribution in [2.45, 2.75) is 5.34 Å². The zero-order valence-electron chi connectivity index (χ0n) is 7.07. The Kier molecular flexibility index (Phi) is 12.9. The van der Waals surface area contributed by atoms with Crippen molar-refractivity contribution in [2.75, 3.05) is 0 Å². The first-order chi connectivity index (χ1) is 7.00. The standard InChI is InChI=1S/C5I11O/c6-1(7,4(11,12)13)3(10,17)2(8,9)5(14,15)16. The molecule has 12 heteroatoms. The molecule has 17 heavy (non-hydrogen) atoms. The molecule has 0 aromatic carbocycles. The zero-order valence-corrected chi connectivity index (χ0v) is 30.8. The summed E-state index contributed by atoms with van der Waals surface area (Å²) in [6, 6.07) is 0. The molecule has 0 saturated carbocycles. The highest BCUT2D eigenvalue weighted by Gasteiger charge is 2.70. The van der Waals surface area contributed by atoms with Gasteiger partial charge in [0.05, 0.1) is 0 Å². The van der Waals surface area contributed by atoms with Crippen LogP contribution in [0.5, 0.6) is 0 Å². The van der Waals surface area contributed by atoms with Gasteiger partial charge in [0.1, 0.15) is 2.86 Å². The lowest BCUT2D eigenvalue weighted by Crippen LogP contribution is -2.60. The van der Waals surface area contributed by atoms with Crippen LogP contribution in [0.3, 0.4) is 0 Å². The Morgan fingerprint density at radius 1 is 0.471 bits per heavy atom. The summed E-state index contributed by atoms with van der Waals surface area (Å²) in [5, 5.41) is 13.4. The predicted molar refractivity (Wildman–Crippen MR) is 169 cm³/mol. The van der Waals surface area contributed by atoms with E-state index < -0.39 is 6.46 Å². The van der Waals surface area contributed by atoms with Gasteiger partial charge in [-0.25, -0.2) is 5.11 Å². The van der Waals surface area contributed by atoms with Crippen LogP contribution >= 0.6 is 248 Å². The smallest absolute Gasteiger partial charge is 0.206 e. The normalized spacial score (nSPS) is 16.2.